The summed E-state index contributed by atoms with van der Waals surface area (Å²) in [6, 6.07) is 12.6. The summed E-state index contributed by atoms with van der Waals surface area (Å²) in [6.07, 6.45) is 0. The second kappa shape index (κ2) is 6.11. The fourth-order valence-corrected chi connectivity index (χ4v) is 2.48. The van der Waals surface area contributed by atoms with Crippen LogP contribution in [0, 0.1) is 0 Å². The second-order valence-electron chi connectivity index (χ2n) is 5.22. The predicted octanol–water partition coefficient (Wildman–Crippen LogP) is 2.14. The van der Waals surface area contributed by atoms with Crippen molar-refractivity contribution in [3.63, 3.8) is 0 Å². The van der Waals surface area contributed by atoms with Gasteiger partial charge in [-0.15, -0.1) is 0 Å². The van der Waals surface area contributed by atoms with Gasteiger partial charge < -0.3 is 19.5 Å². The Morgan fingerprint density at radius 2 is 2.04 bits per heavy atom. The van der Waals surface area contributed by atoms with Gasteiger partial charge in [0.2, 0.25) is 12.7 Å². The van der Waals surface area contributed by atoms with Crippen LogP contribution >= 0.6 is 0 Å². The number of nitrogens with zero attached hydrogens (tertiary/aromatic N) is 1. The van der Waals surface area contributed by atoms with Crippen molar-refractivity contribution in [2.24, 2.45) is 0 Å². The molecule has 0 fully saturated rings. The maximum Gasteiger partial charge on any atom is 0.260 e. The summed E-state index contributed by atoms with van der Waals surface area (Å²) in [4.78, 5) is 19.1. The minimum absolute atomic E-state index is 0.167. The molecule has 0 spiro atoms. The van der Waals surface area contributed by atoms with Gasteiger partial charge in [-0.25, -0.2) is 4.98 Å². The van der Waals surface area contributed by atoms with E-state index in [1.807, 2.05) is 24.3 Å². The molecule has 4 rings (SSSR count). The molecule has 0 atom stereocenters. The predicted molar refractivity (Wildman–Crippen MR) is 88.9 cm³/mol. The van der Waals surface area contributed by atoms with Crippen LogP contribution in [0.3, 0.4) is 0 Å². The summed E-state index contributed by atoms with van der Waals surface area (Å²) in [5.74, 6) is 2.52. The summed E-state index contributed by atoms with van der Waals surface area (Å²) >= 11 is 0. The van der Waals surface area contributed by atoms with Crippen LogP contribution in [0.5, 0.6) is 17.2 Å². The van der Waals surface area contributed by atoms with Crippen molar-refractivity contribution in [2.45, 2.75) is 0 Å². The Morgan fingerprint density at radius 3 is 3.00 bits per heavy atom. The van der Waals surface area contributed by atoms with Crippen LogP contribution in [-0.2, 0) is 0 Å². The van der Waals surface area contributed by atoms with Crippen molar-refractivity contribution in [1.29, 1.82) is 0 Å². The average molecular weight is 325 g/mol. The number of hydrogen-bond acceptors (Lipinski definition) is 6. The molecular formula is C17H15N3O4. The van der Waals surface area contributed by atoms with E-state index in [1.165, 1.54) is 0 Å². The van der Waals surface area contributed by atoms with E-state index < -0.39 is 0 Å². The lowest BCUT2D eigenvalue weighted by Gasteiger charge is -2.09. The molecular weight excluding hydrogens is 310 g/mol. The van der Waals surface area contributed by atoms with E-state index in [0.29, 0.717) is 41.5 Å². The molecule has 0 saturated heterocycles. The summed E-state index contributed by atoms with van der Waals surface area (Å²) < 4.78 is 16.2. The monoisotopic (exact) mass is 325 g/mol. The van der Waals surface area contributed by atoms with Gasteiger partial charge in [0.15, 0.2) is 11.5 Å². The lowest BCUT2D eigenvalue weighted by molar-refractivity contribution is 0.174. The van der Waals surface area contributed by atoms with E-state index in [1.54, 1.807) is 18.2 Å². The minimum Gasteiger partial charge on any atom is -0.492 e. The molecule has 24 heavy (non-hydrogen) atoms. The third kappa shape index (κ3) is 2.83. The molecule has 0 radical (unpaired) electrons. The molecule has 0 unspecified atom stereocenters. The zero-order chi connectivity index (χ0) is 16.4. The molecule has 7 nitrogen and oxygen atoms in total. The summed E-state index contributed by atoms with van der Waals surface area (Å²) in [5.41, 5.74) is 0.486. The molecule has 3 aromatic rings. The number of para-hydroxylation sites is 1. The van der Waals surface area contributed by atoms with E-state index in [4.69, 9.17) is 14.2 Å². The SMILES string of the molecule is O=c1[nH]c(NCCOc2ccc3c(c2)OCO3)nc2ccccc12. The Morgan fingerprint density at radius 1 is 1.17 bits per heavy atom. The number of H-pyrrole nitrogens is 1. The van der Waals surface area contributed by atoms with Gasteiger partial charge in [-0.1, -0.05) is 12.1 Å². The minimum atomic E-state index is -0.167. The zero-order valence-corrected chi connectivity index (χ0v) is 12.7. The Balaban J connectivity index is 1.37. The largest absolute Gasteiger partial charge is 0.492 e. The fraction of sp³-hybridized carbons (Fsp3) is 0.176. The molecule has 0 amide bonds. The lowest BCUT2D eigenvalue weighted by Crippen LogP contribution is -2.17. The molecule has 122 valence electrons. The molecule has 1 aliphatic rings. The molecule has 0 aliphatic carbocycles. The molecule has 1 aromatic heterocycles. The highest BCUT2D eigenvalue weighted by atomic mass is 16.7. The first-order valence-electron chi connectivity index (χ1n) is 7.55. The molecule has 2 heterocycles. The number of ether oxygens (including phenoxy) is 3. The maximum atomic E-state index is 12.0. The van der Waals surface area contributed by atoms with E-state index in [-0.39, 0.29) is 12.4 Å². The van der Waals surface area contributed by atoms with Crippen LogP contribution in [0.25, 0.3) is 10.9 Å². The van der Waals surface area contributed by atoms with E-state index in [2.05, 4.69) is 15.3 Å². The van der Waals surface area contributed by atoms with Crippen molar-refractivity contribution in [2.75, 3.05) is 25.3 Å². The van der Waals surface area contributed by atoms with Crippen molar-refractivity contribution in [1.82, 2.24) is 9.97 Å². The van der Waals surface area contributed by atoms with Crippen molar-refractivity contribution in [3.05, 3.63) is 52.8 Å². The van der Waals surface area contributed by atoms with Crippen molar-refractivity contribution >= 4 is 16.9 Å². The molecule has 0 saturated carbocycles. The molecule has 2 N–H and O–H groups in total. The first kappa shape index (κ1) is 14.4. The number of nitrogens with one attached hydrogen (secondary N) is 2. The Hall–Kier alpha value is -3.22. The van der Waals surface area contributed by atoms with Gasteiger partial charge in [-0.05, 0) is 24.3 Å². The van der Waals surface area contributed by atoms with Crippen molar-refractivity contribution < 1.29 is 14.2 Å². The standard InChI is InChI=1S/C17H15N3O4/c21-16-12-3-1-2-4-13(12)19-17(20-16)18-7-8-22-11-5-6-14-15(9-11)24-10-23-14/h1-6,9H,7-8,10H2,(H2,18,19,20,21). The van der Waals surface area contributed by atoms with Crippen LogP contribution in [0.15, 0.2) is 47.3 Å². The molecule has 0 bridgehead atoms. The number of fused-ring (bicyclic) bond motifs is 2. The highest BCUT2D eigenvalue weighted by molar-refractivity contribution is 5.78. The maximum absolute atomic E-state index is 12.0. The van der Waals surface area contributed by atoms with Gasteiger partial charge in [0.25, 0.3) is 5.56 Å². The van der Waals surface area contributed by atoms with Gasteiger partial charge in [0.1, 0.15) is 12.4 Å². The Bertz CT molecular complexity index is 939. The molecule has 1 aliphatic heterocycles. The summed E-state index contributed by atoms with van der Waals surface area (Å²) in [7, 11) is 0. The molecule has 2 aromatic carbocycles. The van der Waals surface area contributed by atoms with Crippen LogP contribution < -0.4 is 25.1 Å². The van der Waals surface area contributed by atoms with E-state index >= 15 is 0 Å². The lowest BCUT2D eigenvalue weighted by atomic mass is 10.2. The fourth-order valence-electron chi connectivity index (χ4n) is 2.48. The highest BCUT2D eigenvalue weighted by Gasteiger charge is 2.13. The van der Waals surface area contributed by atoms with Crippen LogP contribution in [0.2, 0.25) is 0 Å². The zero-order valence-electron chi connectivity index (χ0n) is 12.7. The van der Waals surface area contributed by atoms with Gasteiger partial charge in [-0.3, -0.25) is 9.78 Å². The topological polar surface area (TPSA) is 85.5 Å². The van der Waals surface area contributed by atoms with Gasteiger partial charge >= 0.3 is 0 Å². The number of benzene rings is 2. The number of aromatic amines is 1. The quantitative estimate of drug-likeness (QED) is 0.699. The van der Waals surface area contributed by atoms with Crippen LogP contribution in [0.1, 0.15) is 0 Å². The van der Waals surface area contributed by atoms with Gasteiger partial charge in [0.05, 0.1) is 17.4 Å². The number of anilines is 1. The van der Waals surface area contributed by atoms with Crippen molar-refractivity contribution in [3.8, 4) is 17.2 Å². The number of hydrogen-bond donors (Lipinski definition) is 2. The number of aromatic nitrogens is 2. The first-order valence-corrected chi connectivity index (χ1v) is 7.55. The van der Waals surface area contributed by atoms with E-state index in [0.717, 1.165) is 5.75 Å². The molecule has 7 heteroatoms. The highest BCUT2D eigenvalue weighted by Crippen LogP contribution is 2.34. The smallest absolute Gasteiger partial charge is 0.260 e. The summed E-state index contributed by atoms with van der Waals surface area (Å²) in [6.45, 7) is 1.15. The summed E-state index contributed by atoms with van der Waals surface area (Å²) in [5, 5.41) is 3.62. The third-order valence-corrected chi connectivity index (χ3v) is 3.62. The van der Waals surface area contributed by atoms with Gasteiger partial charge in [0, 0.05) is 6.07 Å². The average Bonchev–Trinajstić information content (AvgIpc) is 3.06. The Labute approximate surface area is 137 Å². The van der Waals surface area contributed by atoms with E-state index in [9.17, 15) is 4.79 Å². The normalized spacial score (nSPS) is 12.3. The van der Waals surface area contributed by atoms with Gasteiger partial charge in [-0.2, -0.15) is 0 Å². The number of rotatable bonds is 5. The second-order valence-corrected chi connectivity index (χ2v) is 5.22. The Kier molecular flexibility index (Phi) is 3.66. The van der Waals surface area contributed by atoms with Crippen LogP contribution in [-0.4, -0.2) is 29.9 Å². The third-order valence-electron chi connectivity index (χ3n) is 3.62. The first-order chi connectivity index (χ1) is 11.8. The van der Waals surface area contributed by atoms with Crippen LogP contribution in [0.4, 0.5) is 5.95 Å².